The molecule has 6 heteroatoms. The summed E-state index contributed by atoms with van der Waals surface area (Å²) in [4.78, 5) is 12.5. The monoisotopic (exact) mass is 393 g/mol. The number of ether oxygens (including phenoxy) is 2. The van der Waals surface area contributed by atoms with Crippen molar-refractivity contribution < 1.29 is 14.3 Å². The average molecular weight is 393 g/mol. The van der Waals surface area contributed by atoms with E-state index in [1.165, 1.54) is 0 Å². The molecular weight excluding hydrogens is 366 g/mol. The Labute approximate surface area is 171 Å². The summed E-state index contributed by atoms with van der Waals surface area (Å²) >= 11 is 0. The van der Waals surface area contributed by atoms with Gasteiger partial charge in [0, 0.05) is 12.2 Å². The van der Waals surface area contributed by atoms with Crippen LogP contribution in [-0.4, -0.2) is 35.4 Å². The van der Waals surface area contributed by atoms with Crippen LogP contribution in [0.1, 0.15) is 35.6 Å². The van der Waals surface area contributed by atoms with Crippen LogP contribution >= 0.6 is 0 Å². The number of aromatic nitrogens is 2. The maximum Gasteiger partial charge on any atom is 0.271 e. The summed E-state index contributed by atoms with van der Waals surface area (Å²) < 4.78 is 13.0. The summed E-state index contributed by atoms with van der Waals surface area (Å²) in [6.07, 6.45) is 0.691. The minimum Gasteiger partial charge on any atom is -0.490 e. The number of benzene rings is 2. The Balaban J connectivity index is 1.61. The summed E-state index contributed by atoms with van der Waals surface area (Å²) in [6.45, 7) is 7.50. The molecule has 1 heterocycles. The Morgan fingerprint density at radius 3 is 2.45 bits per heavy atom. The van der Waals surface area contributed by atoms with Crippen molar-refractivity contribution in [3.05, 3.63) is 71.5 Å². The van der Waals surface area contributed by atoms with E-state index >= 15 is 0 Å². The van der Waals surface area contributed by atoms with Crippen LogP contribution < -0.4 is 14.8 Å². The molecule has 0 aliphatic carbocycles. The Morgan fingerprint density at radius 1 is 1.00 bits per heavy atom. The molecule has 0 saturated carbocycles. The van der Waals surface area contributed by atoms with E-state index in [2.05, 4.69) is 10.4 Å². The number of hydrogen-bond donors (Lipinski definition) is 1. The van der Waals surface area contributed by atoms with Crippen LogP contribution in [0, 0.1) is 6.92 Å². The Kier molecular flexibility index (Phi) is 6.89. The third-order valence-electron chi connectivity index (χ3n) is 4.43. The number of carbonyl (C=O) groups excluding carboxylic acids is 1. The highest BCUT2D eigenvalue weighted by molar-refractivity contribution is 5.92. The fourth-order valence-corrected chi connectivity index (χ4v) is 3.08. The van der Waals surface area contributed by atoms with Crippen molar-refractivity contribution in [2.75, 3.05) is 19.8 Å². The Hall–Kier alpha value is -3.28. The van der Waals surface area contributed by atoms with E-state index in [0.717, 1.165) is 28.4 Å². The molecule has 0 bridgehead atoms. The fraction of sp³-hybridized carbons (Fsp3) is 0.304. The molecular formula is C23H27N3O3. The van der Waals surface area contributed by atoms with Crippen LogP contribution in [-0.2, 0) is 6.42 Å². The fourth-order valence-electron chi connectivity index (χ4n) is 3.08. The van der Waals surface area contributed by atoms with E-state index in [1.54, 1.807) is 10.7 Å². The number of para-hydroxylation sites is 1. The lowest BCUT2D eigenvalue weighted by Gasteiger charge is -2.12. The quantitative estimate of drug-likeness (QED) is 0.598. The molecule has 0 saturated heterocycles. The van der Waals surface area contributed by atoms with Gasteiger partial charge in [0.1, 0.15) is 0 Å². The van der Waals surface area contributed by atoms with E-state index in [-0.39, 0.29) is 5.91 Å². The van der Waals surface area contributed by atoms with Crippen molar-refractivity contribution in [2.24, 2.45) is 0 Å². The van der Waals surface area contributed by atoms with Gasteiger partial charge in [-0.05, 0) is 63.1 Å². The topological polar surface area (TPSA) is 65.4 Å². The zero-order valence-electron chi connectivity index (χ0n) is 17.1. The Bertz CT molecular complexity index is 951. The van der Waals surface area contributed by atoms with Crippen LogP contribution in [0.25, 0.3) is 5.69 Å². The molecule has 0 radical (unpaired) electrons. The van der Waals surface area contributed by atoms with Gasteiger partial charge in [-0.25, -0.2) is 4.68 Å². The van der Waals surface area contributed by atoms with Gasteiger partial charge in [0.2, 0.25) is 0 Å². The molecule has 3 aromatic rings. The number of amides is 1. The number of nitrogens with zero attached hydrogens (tertiary/aromatic N) is 2. The molecule has 0 unspecified atom stereocenters. The first-order valence-electron chi connectivity index (χ1n) is 9.91. The summed E-state index contributed by atoms with van der Waals surface area (Å²) in [6, 6.07) is 17.4. The number of carbonyl (C=O) groups is 1. The van der Waals surface area contributed by atoms with Gasteiger partial charge >= 0.3 is 0 Å². The second-order valence-corrected chi connectivity index (χ2v) is 6.57. The molecule has 1 aromatic heterocycles. The Morgan fingerprint density at radius 2 is 1.72 bits per heavy atom. The maximum atomic E-state index is 12.5. The number of nitrogens with one attached hydrogen (secondary N) is 1. The smallest absolute Gasteiger partial charge is 0.271 e. The molecule has 1 amide bonds. The minimum atomic E-state index is -0.182. The lowest BCUT2D eigenvalue weighted by atomic mass is 10.1. The number of rotatable bonds is 9. The average Bonchev–Trinajstić information content (AvgIpc) is 3.12. The van der Waals surface area contributed by atoms with Crippen LogP contribution in [0.3, 0.4) is 0 Å². The number of hydrogen-bond acceptors (Lipinski definition) is 4. The van der Waals surface area contributed by atoms with Gasteiger partial charge in [-0.1, -0.05) is 24.3 Å². The molecule has 0 spiro atoms. The van der Waals surface area contributed by atoms with Crippen LogP contribution in [0.4, 0.5) is 0 Å². The number of aryl methyl sites for hydroxylation is 1. The standard InChI is InChI=1S/C23H27N3O3/c1-4-28-21-12-11-18(16-22(21)29-5-2)13-14-24-23(27)20-15-17(3)26(25-20)19-9-7-6-8-10-19/h6-12,15-16H,4-5,13-14H2,1-3H3,(H,24,27). The summed E-state index contributed by atoms with van der Waals surface area (Å²) in [5.41, 5.74) is 3.33. The lowest BCUT2D eigenvalue weighted by molar-refractivity contribution is 0.0948. The van der Waals surface area contributed by atoms with Crippen molar-refractivity contribution in [1.29, 1.82) is 0 Å². The van der Waals surface area contributed by atoms with Gasteiger partial charge in [-0.15, -0.1) is 0 Å². The molecule has 3 rings (SSSR count). The van der Waals surface area contributed by atoms with Gasteiger partial charge in [-0.3, -0.25) is 4.79 Å². The molecule has 2 aromatic carbocycles. The SMILES string of the molecule is CCOc1ccc(CCNC(=O)c2cc(C)n(-c3ccccc3)n2)cc1OCC. The van der Waals surface area contributed by atoms with Crippen LogP contribution in [0.15, 0.2) is 54.6 Å². The highest BCUT2D eigenvalue weighted by Crippen LogP contribution is 2.28. The van der Waals surface area contributed by atoms with Gasteiger partial charge in [-0.2, -0.15) is 5.10 Å². The molecule has 0 aliphatic heterocycles. The van der Waals surface area contributed by atoms with Gasteiger partial charge in [0.15, 0.2) is 17.2 Å². The predicted molar refractivity (Wildman–Crippen MR) is 113 cm³/mol. The summed E-state index contributed by atoms with van der Waals surface area (Å²) in [7, 11) is 0. The normalized spacial score (nSPS) is 10.6. The second kappa shape index (κ2) is 9.78. The van der Waals surface area contributed by atoms with E-state index in [4.69, 9.17) is 9.47 Å². The van der Waals surface area contributed by atoms with Crippen molar-refractivity contribution in [3.8, 4) is 17.2 Å². The first kappa shape index (κ1) is 20.5. The van der Waals surface area contributed by atoms with Crippen molar-refractivity contribution >= 4 is 5.91 Å². The third-order valence-corrected chi connectivity index (χ3v) is 4.43. The van der Waals surface area contributed by atoms with E-state index in [9.17, 15) is 4.79 Å². The first-order chi connectivity index (χ1) is 14.1. The minimum absolute atomic E-state index is 0.182. The molecule has 0 fully saturated rings. The largest absolute Gasteiger partial charge is 0.490 e. The van der Waals surface area contributed by atoms with Gasteiger partial charge in [0.05, 0.1) is 18.9 Å². The van der Waals surface area contributed by atoms with Crippen LogP contribution in [0.5, 0.6) is 11.5 Å². The molecule has 0 aliphatic rings. The van der Waals surface area contributed by atoms with Crippen molar-refractivity contribution in [3.63, 3.8) is 0 Å². The molecule has 152 valence electrons. The third kappa shape index (κ3) is 5.16. The predicted octanol–water partition coefficient (Wildman–Crippen LogP) is 3.95. The maximum absolute atomic E-state index is 12.5. The molecule has 1 N–H and O–H groups in total. The first-order valence-corrected chi connectivity index (χ1v) is 9.91. The zero-order valence-corrected chi connectivity index (χ0v) is 17.1. The van der Waals surface area contributed by atoms with Crippen molar-refractivity contribution in [1.82, 2.24) is 15.1 Å². The van der Waals surface area contributed by atoms with Gasteiger partial charge in [0.25, 0.3) is 5.91 Å². The van der Waals surface area contributed by atoms with E-state index in [1.807, 2.05) is 69.3 Å². The lowest BCUT2D eigenvalue weighted by Crippen LogP contribution is -2.26. The highest BCUT2D eigenvalue weighted by atomic mass is 16.5. The summed E-state index contributed by atoms with van der Waals surface area (Å²) in [5, 5.41) is 7.39. The molecule has 0 atom stereocenters. The zero-order chi connectivity index (χ0) is 20.6. The van der Waals surface area contributed by atoms with E-state index < -0.39 is 0 Å². The molecule has 6 nitrogen and oxygen atoms in total. The van der Waals surface area contributed by atoms with E-state index in [0.29, 0.717) is 31.9 Å². The van der Waals surface area contributed by atoms with Crippen molar-refractivity contribution in [2.45, 2.75) is 27.2 Å². The second-order valence-electron chi connectivity index (χ2n) is 6.57. The summed E-state index contributed by atoms with van der Waals surface area (Å²) in [5.74, 6) is 1.29. The highest BCUT2D eigenvalue weighted by Gasteiger charge is 2.13. The van der Waals surface area contributed by atoms with Crippen LogP contribution in [0.2, 0.25) is 0 Å². The molecule has 29 heavy (non-hydrogen) atoms. The van der Waals surface area contributed by atoms with Gasteiger partial charge < -0.3 is 14.8 Å².